The van der Waals surface area contributed by atoms with E-state index in [1.165, 1.54) is 11.3 Å². The first-order chi connectivity index (χ1) is 6.27. The number of hydrogen-bond donors (Lipinski definition) is 2. The van der Waals surface area contributed by atoms with Crippen LogP contribution >= 0.6 is 0 Å². The molecule has 0 aliphatic carbocycles. The van der Waals surface area contributed by atoms with E-state index in [-0.39, 0.29) is 0 Å². The van der Waals surface area contributed by atoms with E-state index in [0.29, 0.717) is 12.6 Å². The highest BCUT2D eigenvalue weighted by atomic mass is 14.9. The van der Waals surface area contributed by atoms with Crippen LogP contribution in [0, 0.1) is 6.92 Å². The lowest BCUT2D eigenvalue weighted by Crippen LogP contribution is -2.28. The quantitative estimate of drug-likeness (QED) is 0.741. The third-order valence-corrected chi connectivity index (χ3v) is 2.28. The Balaban J connectivity index is 2.67. The molecule has 0 aromatic heterocycles. The molecule has 1 aromatic rings. The van der Waals surface area contributed by atoms with Crippen LogP contribution in [0.5, 0.6) is 0 Å². The molecule has 0 saturated carbocycles. The van der Waals surface area contributed by atoms with Crippen LogP contribution in [0.2, 0.25) is 0 Å². The van der Waals surface area contributed by atoms with Crippen LogP contribution in [-0.2, 0) is 0 Å². The second-order valence-corrected chi connectivity index (χ2v) is 3.30. The van der Waals surface area contributed by atoms with E-state index in [1.807, 2.05) is 12.1 Å². The van der Waals surface area contributed by atoms with Gasteiger partial charge in [-0.2, -0.15) is 0 Å². The van der Waals surface area contributed by atoms with Gasteiger partial charge in [-0.15, -0.1) is 0 Å². The molecular formula is C11H18N2. The molecule has 1 aromatic carbocycles. The summed E-state index contributed by atoms with van der Waals surface area (Å²) in [6.07, 6.45) is 1.06. The Morgan fingerprint density at radius 3 is 2.62 bits per heavy atom. The molecule has 0 fully saturated rings. The van der Waals surface area contributed by atoms with Gasteiger partial charge in [0.2, 0.25) is 0 Å². The van der Waals surface area contributed by atoms with E-state index in [4.69, 9.17) is 5.73 Å². The fraction of sp³-hybridized carbons (Fsp3) is 0.455. The minimum atomic E-state index is 0.390. The van der Waals surface area contributed by atoms with Gasteiger partial charge >= 0.3 is 0 Å². The molecule has 0 aliphatic heterocycles. The van der Waals surface area contributed by atoms with Crippen LogP contribution in [0.1, 0.15) is 18.9 Å². The van der Waals surface area contributed by atoms with E-state index < -0.39 is 0 Å². The van der Waals surface area contributed by atoms with Crippen molar-refractivity contribution in [2.45, 2.75) is 26.3 Å². The third-order valence-electron chi connectivity index (χ3n) is 2.28. The van der Waals surface area contributed by atoms with Crippen LogP contribution in [0.4, 0.5) is 5.69 Å². The maximum Gasteiger partial charge on any atom is 0.0381 e. The second-order valence-electron chi connectivity index (χ2n) is 3.30. The fourth-order valence-electron chi connectivity index (χ4n) is 1.28. The molecule has 2 heteroatoms. The van der Waals surface area contributed by atoms with Crippen molar-refractivity contribution in [1.29, 1.82) is 0 Å². The molecule has 0 saturated heterocycles. The van der Waals surface area contributed by atoms with Gasteiger partial charge in [-0.1, -0.05) is 25.1 Å². The highest BCUT2D eigenvalue weighted by Crippen LogP contribution is 2.14. The zero-order valence-corrected chi connectivity index (χ0v) is 8.38. The molecule has 0 amide bonds. The summed E-state index contributed by atoms with van der Waals surface area (Å²) in [6.45, 7) is 4.93. The molecule has 1 rings (SSSR count). The first-order valence-corrected chi connectivity index (χ1v) is 4.80. The van der Waals surface area contributed by atoms with Crippen LogP contribution < -0.4 is 11.1 Å². The van der Waals surface area contributed by atoms with Crippen molar-refractivity contribution in [3.05, 3.63) is 29.8 Å². The average molecular weight is 178 g/mol. The normalized spacial score (nSPS) is 12.5. The Bertz CT molecular complexity index is 254. The summed E-state index contributed by atoms with van der Waals surface area (Å²) in [5.74, 6) is 0. The minimum absolute atomic E-state index is 0.390. The lowest BCUT2D eigenvalue weighted by Gasteiger charge is -2.17. The van der Waals surface area contributed by atoms with Crippen molar-refractivity contribution in [2.24, 2.45) is 5.73 Å². The Labute approximate surface area is 80.1 Å². The van der Waals surface area contributed by atoms with E-state index >= 15 is 0 Å². The first kappa shape index (κ1) is 10.1. The van der Waals surface area contributed by atoms with Gasteiger partial charge in [0.25, 0.3) is 0 Å². The van der Waals surface area contributed by atoms with Crippen molar-refractivity contribution in [3.8, 4) is 0 Å². The van der Waals surface area contributed by atoms with Crippen molar-refractivity contribution < 1.29 is 0 Å². The number of para-hydroxylation sites is 1. The summed E-state index contributed by atoms with van der Waals surface area (Å²) in [4.78, 5) is 0. The summed E-state index contributed by atoms with van der Waals surface area (Å²) >= 11 is 0. The fourth-order valence-corrected chi connectivity index (χ4v) is 1.28. The van der Waals surface area contributed by atoms with E-state index in [1.54, 1.807) is 0 Å². The maximum atomic E-state index is 5.62. The largest absolute Gasteiger partial charge is 0.381 e. The van der Waals surface area contributed by atoms with Gasteiger partial charge in [-0.3, -0.25) is 0 Å². The number of rotatable bonds is 4. The number of anilines is 1. The molecule has 0 spiro atoms. The molecule has 2 nitrogen and oxygen atoms in total. The molecule has 0 bridgehead atoms. The number of benzene rings is 1. The maximum absolute atomic E-state index is 5.62. The Kier molecular flexibility index (Phi) is 3.77. The standard InChI is InChI=1S/C11H18N2/c1-3-10(8-12)13-11-7-5-4-6-9(11)2/h4-7,10,13H,3,8,12H2,1-2H3. The van der Waals surface area contributed by atoms with Crippen LogP contribution in [0.3, 0.4) is 0 Å². The highest BCUT2D eigenvalue weighted by Gasteiger charge is 2.03. The van der Waals surface area contributed by atoms with E-state index in [0.717, 1.165) is 6.42 Å². The summed E-state index contributed by atoms with van der Waals surface area (Å²) in [6, 6.07) is 8.67. The molecule has 0 radical (unpaired) electrons. The number of nitrogens with two attached hydrogens (primary N) is 1. The Morgan fingerprint density at radius 1 is 1.38 bits per heavy atom. The average Bonchev–Trinajstić information content (AvgIpc) is 2.17. The van der Waals surface area contributed by atoms with E-state index in [2.05, 4.69) is 31.3 Å². The predicted octanol–water partition coefficient (Wildman–Crippen LogP) is 2.14. The molecule has 72 valence electrons. The van der Waals surface area contributed by atoms with E-state index in [9.17, 15) is 0 Å². The predicted molar refractivity (Wildman–Crippen MR) is 57.9 cm³/mol. The number of nitrogens with one attached hydrogen (secondary N) is 1. The number of aryl methyl sites for hydroxylation is 1. The SMILES string of the molecule is CCC(CN)Nc1ccccc1C. The zero-order chi connectivity index (χ0) is 9.68. The Hall–Kier alpha value is -1.02. The summed E-state index contributed by atoms with van der Waals surface area (Å²) in [7, 11) is 0. The van der Waals surface area contributed by atoms with Crippen molar-refractivity contribution in [2.75, 3.05) is 11.9 Å². The lowest BCUT2D eigenvalue weighted by molar-refractivity contribution is 0.703. The van der Waals surface area contributed by atoms with Gasteiger partial charge in [0.15, 0.2) is 0 Å². The van der Waals surface area contributed by atoms with Crippen LogP contribution in [0.25, 0.3) is 0 Å². The Morgan fingerprint density at radius 2 is 2.08 bits per heavy atom. The molecule has 3 N–H and O–H groups in total. The van der Waals surface area contributed by atoms with Gasteiger partial charge in [-0.05, 0) is 25.0 Å². The molecular weight excluding hydrogens is 160 g/mol. The topological polar surface area (TPSA) is 38.0 Å². The van der Waals surface area contributed by atoms with Crippen LogP contribution in [0.15, 0.2) is 24.3 Å². The van der Waals surface area contributed by atoms with Gasteiger partial charge in [0, 0.05) is 18.3 Å². The molecule has 13 heavy (non-hydrogen) atoms. The monoisotopic (exact) mass is 178 g/mol. The minimum Gasteiger partial charge on any atom is -0.381 e. The third kappa shape index (κ3) is 2.74. The molecule has 0 heterocycles. The zero-order valence-electron chi connectivity index (χ0n) is 8.38. The molecule has 1 unspecified atom stereocenters. The van der Waals surface area contributed by atoms with Crippen molar-refractivity contribution in [3.63, 3.8) is 0 Å². The van der Waals surface area contributed by atoms with Gasteiger partial charge in [0.1, 0.15) is 0 Å². The van der Waals surface area contributed by atoms with Gasteiger partial charge in [-0.25, -0.2) is 0 Å². The lowest BCUT2D eigenvalue weighted by atomic mass is 10.1. The van der Waals surface area contributed by atoms with Gasteiger partial charge < -0.3 is 11.1 Å². The molecule has 1 atom stereocenters. The molecule has 0 aliphatic rings. The smallest absolute Gasteiger partial charge is 0.0381 e. The first-order valence-electron chi connectivity index (χ1n) is 4.80. The van der Waals surface area contributed by atoms with Crippen molar-refractivity contribution >= 4 is 5.69 Å². The summed E-state index contributed by atoms with van der Waals surface area (Å²) in [5, 5.41) is 3.42. The van der Waals surface area contributed by atoms with Crippen LogP contribution in [-0.4, -0.2) is 12.6 Å². The van der Waals surface area contributed by atoms with Crippen molar-refractivity contribution in [1.82, 2.24) is 0 Å². The summed E-state index contributed by atoms with van der Waals surface area (Å²) < 4.78 is 0. The highest BCUT2D eigenvalue weighted by molar-refractivity contribution is 5.50. The van der Waals surface area contributed by atoms with Gasteiger partial charge in [0.05, 0.1) is 0 Å². The second kappa shape index (κ2) is 4.87. The summed E-state index contributed by atoms with van der Waals surface area (Å²) in [5.41, 5.74) is 8.09. The number of hydrogen-bond acceptors (Lipinski definition) is 2.